The molecule has 2 N–H and O–H groups in total. The molecule has 0 aromatic heterocycles. The number of rotatable bonds is 4. The van der Waals surface area contributed by atoms with Crippen molar-refractivity contribution >= 4 is 5.69 Å². The Hall–Kier alpha value is -1.06. The molecule has 1 aliphatic heterocycles. The van der Waals surface area contributed by atoms with Crippen LogP contribution in [0.15, 0.2) is 24.3 Å². The fourth-order valence-electron chi connectivity index (χ4n) is 2.75. The first-order valence-corrected chi connectivity index (χ1v) is 6.82. The lowest BCUT2D eigenvalue weighted by atomic mass is 9.94. The van der Waals surface area contributed by atoms with Crippen LogP contribution in [0.4, 0.5) is 5.69 Å². The zero-order valence-corrected chi connectivity index (χ0v) is 11.4. The van der Waals surface area contributed by atoms with Crippen LogP contribution in [0.25, 0.3) is 0 Å². The topological polar surface area (TPSA) is 38.5 Å². The molecule has 1 fully saturated rings. The Labute approximate surface area is 110 Å². The Morgan fingerprint density at radius 3 is 2.89 bits per heavy atom. The van der Waals surface area contributed by atoms with Gasteiger partial charge in [-0.2, -0.15) is 0 Å². The van der Waals surface area contributed by atoms with Crippen LogP contribution in [0.5, 0.6) is 0 Å². The molecule has 1 heterocycles. The lowest BCUT2D eigenvalue weighted by molar-refractivity contribution is 0.0498. The van der Waals surface area contributed by atoms with Crippen LogP contribution in [0.3, 0.4) is 0 Å². The summed E-state index contributed by atoms with van der Waals surface area (Å²) >= 11 is 0. The summed E-state index contributed by atoms with van der Waals surface area (Å²) in [5.41, 5.74) is 8.37. The average Bonchev–Trinajstić information content (AvgIpc) is 2.40. The third kappa shape index (κ3) is 2.85. The van der Waals surface area contributed by atoms with E-state index < -0.39 is 0 Å². The summed E-state index contributed by atoms with van der Waals surface area (Å²) in [5, 5.41) is 0. The maximum atomic E-state index is 5.69. The van der Waals surface area contributed by atoms with E-state index >= 15 is 0 Å². The van der Waals surface area contributed by atoms with Gasteiger partial charge in [-0.25, -0.2) is 0 Å². The number of hydrogen-bond donors (Lipinski definition) is 1. The Bertz CT molecular complexity index is 381. The van der Waals surface area contributed by atoms with Crippen molar-refractivity contribution in [3.63, 3.8) is 0 Å². The van der Waals surface area contributed by atoms with Crippen molar-refractivity contribution in [1.82, 2.24) is 0 Å². The highest BCUT2D eigenvalue weighted by Crippen LogP contribution is 2.27. The third-order valence-corrected chi connectivity index (χ3v) is 3.94. The minimum absolute atomic E-state index is 0.338. The van der Waals surface area contributed by atoms with E-state index in [1.165, 1.54) is 17.7 Å². The van der Waals surface area contributed by atoms with Crippen LogP contribution in [0.2, 0.25) is 0 Å². The highest BCUT2D eigenvalue weighted by Gasteiger charge is 2.26. The number of hydrogen-bond acceptors (Lipinski definition) is 3. The van der Waals surface area contributed by atoms with Gasteiger partial charge in [0, 0.05) is 25.9 Å². The first-order valence-electron chi connectivity index (χ1n) is 6.82. The second kappa shape index (κ2) is 6.21. The van der Waals surface area contributed by atoms with E-state index in [4.69, 9.17) is 10.5 Å². The van der Waals surface area contributed by atoms with E-state index in [1.54, 1.807) is 0 Å². The molecule has 2 rings (SSSR count). The number of ether oxygens (including phenoxy) is 1. The van der Waals surface area contributed by atoms with Crippen molar-refractivity contribution in [3.8, 4) is 0 Å². The predicted molar refractivity (Wildman–Crippen MR) is 76.0 cm³/mol. The molecule has 2 atom stereocenters. The van der Waals surface area contributed by atoms with Gasteiger partial charge >= 0.3 is 0 Å². The van der Waals surface area contributed by atoms with Gasteiger partial charge in [-0.05, 0) is 36.9 Å². The molecule has 0 bridgehead atoms. The van der Waals surface area contributed by atoms with E-state index in [1.807, 2.05) is 7.11 Å². The van der Waals surface area contributed by atoms with Crippen LogP contribution >= 0.6 is 0 Å². The molecule has 3 heteroatoms. The molecule has 1 aromatic rings. The second-order valence-electron chi connectivity index (χ2n) is 5.15. The van der Waals surface area contributed by atoms with Gasteiger partial charge in [-0.3, -0.25) is 0 Å². The van der Waals surface area contributed by atoms with Gasteiger partial charge in [-0.15, -0.1) is 0 Å². The number of para-hydroxylation sites is 1. The van der Waals surface area contributed by atoms with Crippen LogP contribution in [-0.2, 0) is 11.2 Å². The molecule has 1 saturated heterocycles. The monoisotopic (exact) mass is 248 g/mol. The quantitative estimate of drug-likeness (QED) is 0.886. The van der Waals surface area contributed by atoms with Crippen molar-refractivity contribution in [2.45, 2.75) is 25.9 Å². The van der Waals surface area contributed by atoms with Gasteiger partial charge in [-0.1, -0.05) is 25.1 Å². The number of anilines is 1. The van der Waals surface area contributed by atoms with E-state index in [-0.39, 0.29) is 0 Å². The summed E-state index contributed by atoms with van der Waals surface area (Å²) in [6.07, 6.45) is 2.47. The average molecular weight is 248 g/mol. The van der Waals surface area contributed by atoms with E-state index in [0.29, 0.717) is 18.6 Å². The fraction of sp³-hybridized carbons (Fsp3) is 0.600. The van der Waals surface area contributed by atoms with Gasteiger partial charge in [0.05, 0.1) is 6.10 Å². The Morgan fingerprint density at radius 1 is 1.39 bits per heavy atom. The van der Waals surface area contributed by atoms with Crippen LogP contribution < -0.4 is 10.6 Å². The molecule has 3 nitrogen and oxygen atoms in total. The molecule has 0 saturated carbocycles. The maximum Gasteiger partial charge on any atom is 0.0772 e. The summed E-state index contributed by atoms with van der Waals surface area (Å²) in [7, 11) is 1.82. The molecular weight excluding hydrogens is 224 g/mol. The number of nitrogens with zero attached hydrogens (tertiary/aromatic N) is 1. The zero-order valence-electron chi connectivity index (χ0n) is 11.4. The summed E-state index contributed by atoms with van der Waals surface area (Å²) in [6.45, 7) is 5.08. The number of nitrogens with two attached hydrogens (primary N) is 1. The first-order chi connectivity index (χ1) is 8.76. The molecule has 0 radical (unpaired) electrons. The third-order valence-electron chi connectivity index (χ3n) is 3.94. The van der Waals surface area contributed by atoms with Crippen molar-refractivity contribution < 1.29 is 4.74 Å². The minimum atomic E-state index is 0.338. The van der Waals surface area contributed by atoms with Gasteiger partial charge in [0.1, 0.15) is 0 Å². The molecule has 18 heavy (non-hydrogen) atoms. The van der Waals surface area contributed by atoms with Crippen LogP contribution in [-0.4, -0.2) is 32.8 Å². The summed E-state index contributed by atoms with van der Waals surface area (Å²) in [4.78, 5) is 2.44. The van der Waals surface area contributed by atoms with Crippen molar-refractivity contribution in [2.75, 3.05) is 31.6 Å². The standard InChI is InChI=1S/C15H24N2O/c1-12-8-10-17(11-15(12)18-2)14-6-4-3-5-13(14)7-9-16/h3-6,12,15H,7-11,16H2,1-2H3. The van der Waals surface area contributed by atoms with Gasteiger partial charge in [0.2, 0.25) is 0 Å². The largest absolute Gasteiger partial charge is 0.379 e. The second-order valence-corrected chi connectivity index (χ2v) is 5.15. The number of benzene rings is 1. The SMILES string of the molecule is COC1CN(c2ccccc2CCN)CCC1C. The summed E-state index contributed by atoms with van der Waals surface area (Å²) < 4.78 is 5.59. The van der Waals surface area contributed by atoms with Gasteiger partial charge in [0.15, 0.2) is 0 Å². The summed E-state index contributed by atoms with van der Waals surface area (Å²) in [5.74, 6) is 0.646. The van der Waals surface area contributed by atoms with Gasteiger partial charge in [0.25, 0.3) is 0 Å². The lowest BCUT2D eigenvalue weighted by Gasteiger charge is -2.38. The zero-order chi connectivity index (χ0) is 13.0. The lowest BCUT2D eigenvalue weighted by Crippen LogP contribution is -2.44. The number of methoxy groups -OCH3 is 1. The predicted octanol–water partition coefficient (Wildman–Crippen LogP) is 2.05. The van der Waals surface area contributed by atoms with Crippen molar-refractivity contribution in [1.29, 1.82) is 0 Å². The van der Waals surface area contributed by atoms with Crippen molar-refractivity contribution in [3.05, 3.63) is 29.8 Å². The minimum Gasteiger partial charge on any atom is -0.379 e. The molecule has 0 spiro atoms. The first kappa shape index (κ1) is 13.4. The number of piperidine rings is 1. The van der Waals surface area contributed by atoms with Crippen LogP contribution in [0, 0.1) is 5.92 Å². The van der Waals surface area contributed by atoms with Gasteiger partial charge < -0.3 is 15.4 Å². The van der Waals surface area contributed by atoms with Crippen LogP contribution in [0.1, 0.15) is 18.9 Å². The van der Waals surface area contributed by atoms with E-state index in [9.17, 15) is 0 Å². The molecule has 2 unspecified atom stereocenters. The molecular formula is C15H24N2O. The highest BCUT2D eigenvalue weighted by atomic mass is 16.5. The maximum absolute atomic E-state index is 5.69. The Balaban J connectivity index is 2.16. The molecule has 0 aliphatic carbocycles. The smallest absolute Gasteiger partial charge is 0.0772 e. The highest BCUT2D eigenvalue weighted by molar-refractivity contribution is 5.54. The Kier molecular flexibility index (Phi) is 4.61. The molecule has 100 valence electrons. The molecule has 1 aromatic carbocycles. The fourth-order valence-corrected chi connectivity index (χ4v) is 2.75. The van der Waals surface area contributed by atoms with Crippen molar-refractivity contribution in [2.24, 2.45) is 11.7 Å². The van der Waals surface area contributed by atoms with E-state index in [0.717, 1.165) is 19.5 Å². The molecule has 1 aliphatic rings. The summed E-state index contributed by atoms with van der Waals surface area (Å²) in [6, 6.07) is 8.58. The van der Waals surface area contributed by atoms with E-state index in [2.05, 4.69) is 36.1 Å². The molecule has 0 amide bonds. The Morgan fingerprint density at radius 2 is 2.17 bits per heavy atom. The normalized spacial score (nSPS) is 24.3.